The maximum Gasteiger partial charge on any atom is 0.490 e. The van der Waals surface area contributed by atoms with Gasteiger partial charge in [-0.05, 0) is 12.1 Å². The van der Waals surface area contributed by atoms with Gasteiger partial charge in [-0.25, -0.2) is 4.79 Å². The molecule has 14 heteroatoms. The van der Waals surface area contributed by atoms with Crippen LogP contribution in [0.2, 0.25) is 0 Å². The number of carbonyl (C=O) groups excluding carboxylic acids is 1. The molecule has 2 rings (SSSR count). The number of halogens is 3. The van der Waals surface area contributed by atoms with Crippen molar-refractivity contribution in [2.75, 3.05) is 49.3 Å². The lowest BCUT2D eigenvalue weighted by atomic mass is 10.2. The average molecular weight is 486 g/mol. The third kappa shape index (κ3) is 11.7. The number of morpholine rings is 1. The molecule has 2 heterocycles. The molecule has 0 aliphatic carbocycles. The molecule has 0 unspecified atom stereocenters. The van der Waals surface area contributed by atoms with Gasteiger partial charge in [0.25, 0.3) is 5.91 Å². The van der Waals surface area contributed by atoms with Crippen LogP contribution in [0.3, 0.4) is 0 Å². The van der Waals surface area contributed by atoms with Gasteiger partial charge in [-0.15, -0.1) is 0 Å². The second-order valence-electron chi connectivity index (χ2n) is 5.85. The van der Waals surface area contributed by atoms with Gasteiger partial charge in [0, 0.05) is 43.0 Å². The summed E-state index contributed by atoms with van der Waals surface area (Å²) in [5, 5.41) is 18.5. The van der Waals surface area contributed by atoms with Gasteiger partial charge in [-0.1, -0.05) is 21.6 Å². The van der Waals surface area contributed by atoms with E-state index in [1.807, 2.05) is 6.07 Å². The fraction of sp³-hybridized carbons (Fsp3) is 0.529. The van der Waals surface area contributed by atoms with Crippen LogP contribution in [0, 0.1) is 0 Å². The topological polar surface area (TPSA) is 129 Å². The number of carbonyl (C=O) groups is 3. The average Bonchev–Trinajstić information content (AvgIpc) is 2.73. The summed E-state index contributed by atoms with van der Waals surface area (Å²) in [6, 6.07) is 3.70. The number of alkyl halides is 3. The molecule has 9 nitrogen and oxygen atoms in total. The number of nitrogens with zero attached hydrogens (tertiary/aromatic N) is 2. The van der Waals surface area contributed by atoms with Gasteiger partial charge >= 0.3 is 18.1 Å². The maximum atomic E-state index is 12.1. The number of anilines is 1. The largest absolute Gasteiger partial charge is 0.490 e. The molecule has 174 valence electrons. The molecule has 0 spiro atoms. The van der Waals surface area contributed by atoms with Gasteiger partial charge in [-0.2, -0.15) is 13.2 Å². The Morgan fingerprint density at radius 2 is 1.77 bits per heavy atom. The van der Waals surface area contributed by atoms with E-state index in [0.29, 0.717) is 31.2 Å². The number of aliphatic carboxylic acids is 2. The Morgan fingerprint density at radius 3 is 2.35 bits per heavy atom. The van der Waals surface area contributed by atoms with E-state index in [4.69, 9.17) is 19.7 Å². The SMILES string of the molecule is O=C(O)C(F)(F)F.O=C(O)CCSSCCNC(=O)c1cc(N2CCOCC2)ccn1. The number of nitrogens with one attached hydrogen (secondary N) is 1. The van der Waals surface area contributed by atoms with E-state index in [0.717, 1.165) is 24.5 Å². The number of hydrogen-bond donors (Lipinski definition) is 3. The molecule has 0 radical (unpaired) electrons. The number of rotatable bonds is 9. The van der Waals surface area contributed by atoms with Gasteiger partial charge in [0.05, 0.1) is 19.6 Å². The first-order valence-corrected chi connectivity index (χ1v) is 11.4. The number of amides is 1. The summed E-state index contributed by atoms with van der Waals surface area (Å²) in [5.74, 6) is -2.45. The third-order valence-electron chi connectivity index (χ3n) is 3.55. The molecule has 1 fully saturated rings. The Balaban J connectivity index is 0.000000592. The van der Waals surface area contributed by atoms with Crippen LogP contribution >= 0.6 is 21.6 Å². The van der Waals surface area contributed by atoms with Crippen molar-refractivity contribution in [1.29, 1.82) is 0 Å². The van der Waals surface area contributed by atoms with Gasteiger partial charge in [0.1, 0.15) is 5.69 Å². The summed E-state index contributed by atoms with van der Waals surface area (Å²) < 4.78 is 37.1. The summed E-state index contributed by atoms with van der Waals surface area (Å²) in [7, 11) is 3.06. The molecule has 1 aromatic heterocycles. The minimum atomic E-state index is -5.08. The van der Waals surface area contributed by atoms with E-state index in [-0.39, 0.29) is 12.3 Å². The molecule has 1 aromatic rings. The molecular weight excluding hydrogens is 463 g/mol. The predicted octanol–water partition coefficient (Wildman–Crippen LogP) is 2.14. The van der Waals surface area contributed by atoms with Crippen molar-refractivity contribution >= 4 is 45.1 Å². The Bertz CT molecular complexity index is 733. The highest BCUT2D eigenvalue weighted by Crippen LogP contribution is 2.21. The molecule has 0 saturated carbocycles. The smallest absolute Gasteiger partial charge is 0.481 e. The Morgan fingerprint density at radius 1 is 1.16 bits per heavy atom. The van der Waals surface area contributed by atoms with Crippen LogP contribution in [0.25, 0.3) is 0 Å². The highest BCUT2D eigenvalue weighted by Gasteiger charge is 2.38. The van der Waals surface area contributed by atoms with E-state index in [2.05, 4.69) is 15.2 Å². The standard InChI is InChI=1S/C15H21N3O4S2.C2HF3O2/c19-14(20)2-9-23-24-10-4-17-15(21)13-11-12(1-3-16-13)18-5-7-22-8-6-18;3-2(4,5)1(6)7/h1,3,11H,2,4-10H2,(H,17,21)(H,19,20);(H,6,7). The lowest BCUT2D eigenvalue weighted by Gasteiger charge is -2.28. The van der Waals surface area contributed by atoms with Crippen LogP contribution in [0.5, 0.6) is 0 Å². The molecule has 3 N–H and O–H groups in total. The molecule has 0 aromatic carbocycles. The second-order valence-corrected chi connectivity index (χ2v) is 8.55. The fourth-order valence-corrected chi connectivity index (χ4v) is 3.99. The van der Waals surface area contributed by atoms with Crippen LogP contribution in [0.4, 0.5) is 18.9 Å². The highest BCUT2D eigenvalue weighted by molar-refractivity contribution is 8.76. The summed E-state index contributed by atoms with van der Waals surface area (Å²) in [6.45, 7) is 3.54. The number of pyridine rings is 1. The molecule has 0 atom stereocenters. The first-order valence-electron chi connectivity index (χ1n) is 8.94. The van der Waals surface area contributed by atoms with Crippen LogP contribution in [-0.2, 0) is 14.3 Å². The number of aromatic nitrogens is 1. The number of ether oxygens (including phenoxy) is 1. The van der Waals surface area contributed by atoms with Crippen LogP contribution in [0.1, 0.15) is 16.9 Å². The van der Waals surface area contributed by atoms with Crippen LogP contribution in [-0.4, -0.2) is 83.6 Å². The molecule has 1 saturated heterocycles. The first kappa shape index (κ1) is 26.8. The predicted molar refractivity (Wildman–Crippen MR) is 110 cm³/mol. The lowest BCUT2D eigenvalue weighted by Crippen LogP contribution is -2.36. The molecule has 0 bridgehead atoms. The van der Waals surface area contributed by atoms with E-state index in [9.17, 15) is 22.8 Å². The minimum absolute atomic E-state index is 0.155. The summed E-state index contributed by atoms with van der Waals surface area (Å²) in [5.41, 5.74) is 1.39. The Labute approximate surface area is 184 Å². The van der Waals surface area contributed by atoms with Crippen molar-refractivity contribution in [3.8, 4) is 0 Å². The van der Waals surface area contributed by atoms with Gasteiger partial charge in [0.2, 0.25) is 0 Å². The second kappa shape index (κ2) is 14.0. The van der Waals surface area contributed by atoms with Gasteiger partial charge in [0.15, 0.2) is 0 Å². The van der Waals surface area contributed by atoms with E-state index in [1.54, 1.807) is 23.1 Å². The monoisotopic (exact) mass is 485 g/mol. The van der Waals surface area contributed by atoms with Crippen molar-refractivity contribution in [3.05, 3.63) is 24.0 Å². The molecule has 1 aliphatic heterocycles. The van der Waals surface area contributed by atoms with E-state index in [1.165, 1.54) is 10.8 Å². The summed E-state index contributed by atoms with van der Waals surface area (Å²) in [4.78, 5) is 37.7. The van der Waals surface area contributed by atoms with Crippen LogP contribution in [0.15, 0.2) is 18.3 Å². The molecular formula is C17H22F3N3O6S2. The molecule has 1 aliphatic rings. The number of carboxylic acids is 2. The Kier molecular flexibility index (Phi) is 12.1. The van der Waals surface area contributed by atoms with Gasteiger partial charge in [-0.3, -0.25) is 14.6 Å². The van der Waals surface area contributed by atoms with Crippen molar-refractivity contribution in [2.24, 2.45) is 0 Å². The summed E-state index contributed by atoms with van der Waals surface area (Å²) >= 11 is 0. The Hall–Kier alpha value is -2.19. The third-order valence-corrected chi connectivity index (χ3v) is 5.96. The number of carboxylic acid groups (broad SMARTS) is 2. The normalized spacial score (nSPS) is 13.7. The van der Waals surface area contributed by atoms with Crippen molar-refractivity contribution in [2.45, 2.75) is 12.6 Å². The fourth-order valence-electron chi connectivity index (χ4n) is 2.11. The van der Waals surface area contributed by atoms with Crippen molar-refractivity contribution in [1.82, 2.24) is 10.3 Å². The first-order chi connectivity index (χ1) is 14.6. The van der Waals surface area contributed by atoms with Gasteiger partial charge < -0.3 is 25.2 Å². The minimum Gasteiger partial charge on any atom is -0.481 e. The molecule has 31 heavy (non-hydrogen) atoms. The number of hydrogen-bond acceptors (Lipinski definition) is 8. The zero-order chi connectivity index (χ0) is 23.3. The van der Waals surface area contributed by atoms with E-state index < -0.39 is 18.1 Å². The van der Waals surface area contributed by atoms with Crippen LogP contribution < -0.4 is 10.2 Å². The highest BCUT2D eigenvalue weighted by atomic mass is 33.1. The van der Waals surface area contributed by atoms with E-state index >= 15 is 0 Å². The maximum absolute atomic E-state index is 12.1. The zero-order valence-electron chi connectivity index (χ0n) is 16.3. The molecule has 1 amide bonds. The lowest BCUT2D eigenvalue weighted by molar-refractivity contribution is -0.192. The zero-order valence-corrected chi connectivity index (χ0v) is 17.9. The quantitative estimate of drug-likeness (QED) is 0.353. The van der Waals surface area contributed by atoms with Crippen molar-refractivity contribution in [3.63, 3.8) is 0 Å². The van der Waals surface area contributed by atoms with Crippen molar-refractivity contribution < 1.29 is 42.5 Å². The summed E-state index contributed by atoms with van der Waals surface area (Å²) in [6.07, 6.45) is -3.28.